The van der Waals surface area contributed by atoms with E-state index in [1.54, 1.807) is 0 Å². The SMILES string of the molecule is CCCOCCC(O)CC(CC)CC. The minimum Gasteiger partial charge on any atom is -0.393 e. The van der Waals surface area contributed by atoms with E-state index in [4.69, 9.17) is 4.74 Å². The van der Waals surface area contributed by atoms with Gasteiger partial charge in [0.1, 0.15) is 0 Å². The van der Waals surface area contributed by atoms with Crippen LogP contribution >= 0.6 is 0 Å². The number of hydrogen-bond acceptors (Lipinski definition) is 2. The average Bonchev–Trinajstić information content (AvgIpc) is 2.21. The van der Waals surface area contributed by atoms with Crippen LogP contribution in [0.15, 0.2) is 0 Å². The van der Waals surface area contributed by atoms with Gasteiger partial charge in [-0.3, -0.25) is 0 Å². The van der Waals surface area contributed by atoms with E-state index in [0.29, 0.717) is 12.5 Å². The zero-order valence-electron chi connectivity index (χ0n) is 9.96. The molecule has 0 aromatic rings. The molecule has 0 heterocycles. The lowest BCUT2D eigenvalue weighted by Gasteiger charge is -2.17. The largest absolute Gasteiger partial charge is 0.393 e. The van der Waals surface area contributed by atoms with E-state index in [1.807, 2.05) is 0 Å². The summed E-state index contributed by atoms with van der Waals surface area (Å²) >= 11 is 0. The molecule has 14 heavy (non-hydrogen) atoms. The Balaban J connectivity index is 3.38. The summed E-state index contributed by atoms with van der Waals surface area (Å²) in [5.41, 5.74) is 0. The summed E-state index contributed by atoms with van der Waals surface area (Å²) in [6.45, 7) is 8.00. The van der Waals surface area contributed by atoms with Gasteiger partial charge in [-0.2, -0.15) is 0 Å². The molecule has 0 aliphatic carbocycles. The highest BCUT2D eigenvalue weighted by Crippen LogP contribution is 2.16. The van der Waals surface area contributed by atoms with Crippen LogP contribution in [-0.2, 0) is 4.74 Å². The van der Waals surface area contributed by atoms with Gasteiger partial charge in [-0.05, 0) is 25.2 Å². The van der Waals surface area contributed by atoms with Gasteiger partial charge >= 0.3 is 0 Å². The highest BCUT2D eigenvalue weighted by molar-refractivity contribution is 4.62. The summed E-state index contributed by atoms with van der Waals surface area (Å²) in [5.74, 6) is 0.677. The number of rotatable bonds is 9. The van der Waals surface area contributed by atoms with Gasteiger partial charge in [0, 0.05) is 13.2 Å². The maximum absolute atomic E-state index is 9.70. The minimum absolute atomic E-state index is 0.170. The van der Waals surface area contributed by atoms with Gasteiger partial charge in [-0.1, -0.05) is 33.6 Å². The Bertz CT molecular complexity index is 111. The minimum atomic E-state index is -0.170. The zero-order chi connectivity index (χ0) is 10.8. The second-order valence-electron chi connectivity index (χ2n) is 3.97. The van der Waals surface area contributed by atoms with Crippen molar-refractivity contribution in [1.29, 1.82) is 0 Å². The van der Waals surface area contributed by atoms with Crippen molar-refractivity contribution in [3.63, 3.8) is 0 Å². The van der Waals surface area contributed by atoms with Crippen LogP contribution in [0.5, 0.6) is 0 Å². The molecule has 1 atom stereocenters. The topological polar surface area (TPSA) is 29.5 Å². The van der Waals surface area contributed by atoms with Crippen LogP contribution in [0.3, 0.4) is 0 Å². The van der Waals surface area contributed by atoms with E-state index >= 15 is 0 Å². The summed E-state index contributed by atoms with van der Waals surface area (Å²) in [4.78, 5) is 0. The molecule has 1 unspecified atom stereocenters. The van der Waals surface area contributed by atoms with Crippen LogP contribution < -0.4 is 0 Å². The lowest BCUT2D eigenvalue weighted by atomic mass is 9.95. The van der Waals surface area contributed by atoms with Gasteiger partial charge in [0.15, 0.2) is 0 Å². The second-order valence-corrected chi connectivity index (χ2v) is 3.97. The maximum Gasteiger partial charge on any atom is 0.0564 e. The van der Waals surface area contributed by atoms with E-state index in [1.165, 1.54) is 12.8 Å². The van der Waals surface area contributed by atoms with Crippen molar-refractivity contribution >= 4 is 0 Å². The van der Waals surface area contributed by atoms with E-state index < -0.39 is 0 Å². The van der Waals surface area contributed by atoms with Crippen molar-refractivity contribution in [1.82, 2.24) is 0 Å². The van der Waals surface area contributed by atoms with Crippen LogP contribution in [0.25, 0.3) is 0 Å². The van der Waals surface area contributed by atoms with Gasteiger partial charge in [-0.15, -0.1) is 0 Å². The third-order valence-electron chi connectivity index (χ3n) is 2.70. The van der Waals surface area contributed by atoms with Crippen LogP contribution in [0.2, 0.25) is 0 Å². The van der Waals surface area contributed by atoms with Crippen LogP contribution in [0, 0.1) is 5.92 Å². The van der Waals surface area contributed by atoms with Crippen molar-refractivity contribution in [2.24, 2.45) is 5.92 Å². The molecule has 0 aliphatic rings. The van der Waals surface area contributed by atoms with Crippen LogP contribution in [0.1, 0.15) is 52.9 Å². The lowest BCUT2D eigenvalue weighted by molar-refractivity contribution is 0.0691. The molecule has 0 radical (unpaired) electrons. The van der Waals surface area contributed by atoms with Crippen LogP contribution in [0.4, 0.5) is 0 Å². The summed E-state index contributed by atoms with van der Waals surface area (Å²) in [5, 5.41) is 9.70. The van der Waals surface area contributed by atoms with Crippen molar-refractivity contribution in [2.75, 3.05) is 13.2 Å². The Labute approximate surface area is 88.7 Å². The molecule has 2 nitrogen and oxygen atoms in total. The van der Waals surface area contributed by atoms with E-state index in [-0.39, 0.29) is 6.10 Å². The van der Waals surface area contributed by atoms with Crippen molar-refractivity contribution in [3.05, 3.63) is 0 Å². The Morgan fingerprint density at radius 2 is 1.71 bits per heavy atom. The molecule has 0 amide bonds. The molecule has 0 aromatic carbocycles. The first kappa shape index (κ1) is 13.9. The fourth-order valence-electron chi connectivity index (χ4n) is 1.59. The quantitative estimate of drug-likeness (QED) is 0.582. The molecule has 0 aromatic heterocycles. The number of hydrogen-bond donors (Lipinski definition) is 1. The normalized spacial score (nSPS) is 13.5. The smallest absolute Gasteiger partial charge is 0.0564 e. The molecule has 86 valence electrons. The molecule has 0 rings (SSSR count). The standard InChI is InChI=1S/C12H26O2/c1-4-8-14-9-7-12(13)10-11(5-2)6-3/h11-13H,4-10H2,1-3H3. The zero-order valence-corrected chi connectivity index (χ0v) is 9.96. The maximum atomic E-state index is 9.70. The number of ether oxygens (including phenoxy) is 1. The molecule has 0 fully saturated rings. The van der Waals surface area contributed by atoms with Crippen molar-refractivity contribution in [3.8, 4) is 0 Å². The molecule has 0 saturated heterocycles. The third-order valence-corrected chi connectivity index (χ3v) is 2.70. The van der Waals surface area contributed by atoms with Crippen LogP contribution in [-0.4, -0.2) is 24.4 Å². The third kappa shape index (κ3) is 7.34. The van der Waals surface area contributed by atoms with E-state index in [0.717, 1.165) is 25.9 Å². The molecule has 2 heteroatoms. The summed E-state index contributed by atoms with van der Waals surface area (Å²) in [6, 6.07) is 0. The molecule has 1 N–H and O–H groups in total. The molecule has 0 spiro atoms. The second kappa shape index (κ2) is 9.47. The Kier molecular flexibility index (Phi) is 9.42. The van der Waals surface area contributed by atoms with Gasteiger partial charge in [0.25, 0.3) is 0 Å². The van der Waals surface area contributed by atoms with Crippen molar-refractivity contribution in [2.45, 2.75) is 59.0 Å². The number of aliphatic hydroxyl groups excluding tert-OH is 1. The highest BCUT2D eigenvalue weighted by Gasteiger charge is 2.10. The predicted molar refractivity (Wildman–Crippen MR) is 60.4 cm³/mol. The molecular weight excluding hydrogens is 176 g/mol. The Hall–Kier alpha value is -0.0800. The predicted octanol–water partition coefficient (Wildman–Crippen LogP) is 2.99. The van der Waals surface area contributed by atoms with Crippen molar-refractivity contribution < 1.29 is 9.84 Å². The summed E-state index contributed by atoms with van der Waals surface area (Å²) < 4.78 is 5.34. The first-order valence-corrected chi connectivity index (χ1v) is 6.00. The Morgan fingerprint density at radius 3 is 2.21 bits per heavy atom. The highest BCUT2D eigenvalue weighted by atomic mass is 16.5. The summed E-state index contributed by atoms with van der Waals surface area (Å²) in [6.07, 6.45) is 4.95. The molecule has 0 bridgehead atoms. The van der Waals surface area contributed by atoms with Gasteiger partial charge in [0.2, 0.25) is 0 Å². The fourth-order valence-corrected chi connectivity index (χ4v) is 1.59. The first-order chi connectivity index (χ1) is 6.74. The lowest BCUT2D eigenvalue weighted by Crippen LogP contribution is -2.15. The first-order valence-electron chi connectivity index (χ1n) is 6.00. The summed E-state index contributed by atoms with van der Waals surface area (Å²) in [7, 11) is 0. The Morgan fingerprint density at radius 1 is 1.07 bits per heavy atom. The van der Waals surface area contributed by atoms with Gasteiger partial charge in [0.05, 0.1) is 6.10 Å². The molecule has 0 saturated carbocycles. The van der Waals surface area contributed by atoms with E-state index in [2.05, 4.69) is 20.8 Å². The van der Waals surface area contributed by atoms with Gasteiger partial charge in [-0.25, -0.2) is 0 Å². The molecule has 0 aliphatic heterocycles. The van der Waals surface area contributed by atoms with E-state index in [9.17, 15) is 5.11 Å². The number of aliphatic hydroxyl groups is 1. The monoisotopic (exact) mass is 202 g/mol. The van der Waals surface area contributed by atoms with Gasteiger partial charge < -0.3 is 9.84 Å². The average molecular weight is 202 g/mol. The fraction of sp³-hybridized carbons (Fsp3) is 1.00. The molecular formula is C12H26O2.